The molecule has 132 valence electrons. The first-order valence-electron chi connectivity index (χ1n) is 8.88. The largest absolute Gasteiger partial charge is 0.416 e. The molecule has 26 heavy (non-hydrogen) atoms. The Morgan fingerprint density at radius 1 is 0.962 bits per heavy atom. The molecule has 0 amide bonds. The van der Waals surface area contributed by atoms with Crippen molar-refractivity contribution in [3.63, 3.8) is 0 Å². The first-order valence-corrected chi connectivity index (χ1v) is 8.88. The second kappa shape index (κ2) is 5.26. The number of hydrogen-bond acceptors (Lipinski definition) is 0. The van der Waals surface area contributed by atoms with Crippen molar-refractivity contribution in [1.82, 2.24) is 4.57 Å². The van der Waals surface area contributed by atoms with E-state index in [1.165, 1.54) is 34.3 Å². The monoisotopic (exact) mass is 353 g/mol. The Balaban J connectivity index is 1.72. The first kappa shape index (κ1) is 15.7. The van der Waals surface area contributed by atoms with Crippen LogP contribution in [0.15, 0.2) is 60.7 Å². The van der Waals surface area contributed by atoms with E-state index < -0.39 is 11.7 Å². The van der Waals surface area contributed by atoms with Crippen LogP contribution in [0.4, 0.5) is 13.2 Å². The Morgan fingerprint density at radius 3 is 2.42 bits per heavy atom. The van der Waals surface area contributed by atoms with Gasteiger partial charge in [-0.15, -0.1) is 0 Å². The van der Waals surface area contributed by atoms with Gasteiger partial charge in [0.2, 0.25) is 0 Å². The summed E-state index contributed by atoms with van der Waals surface area (Å²) in [4.78, 5) is 0. The maximum absolute atomic E-state index is 12.9. The summed E-state index contributed by atoms with van der Waals surface area (Å²) in [5.41, 5.74) is 4.16. The molecule has 0 spiro atoms. The normalized spacial score (nSPS) is 24.2. The van der Waals surface area contributed by atoms with Gasteiger partial charge in [-0.2, -0.15) is 13.2 Å². The maximum atomic E-state index is 12.9. The fourth-order valence-electron chi connectivity index (χ4n) is 4.90. The van der Waals surface area contributed by atoms with Crippen molar-refractivity contribution in [3.8, 4) is 0 Å². The Kier molecular flexibility index (Phi) is 3.18. The van der Waals surface area contributed by atoms with Crippen LogP contribution in [0.5, 0.6) is 0 Å². The number of nitrogens with zero attached hydrogens (tertiary/aromatic N) is 1. The standard InChI is InChI=1S/C22H18F3N/c1-26-18-5-3-2-4-17(18)20-19(14-6-7-15(12-14)21(20)26)13-8-10-16(11-9-13)22(23,24)25/h2-11,14-15,19H,12H2,1H3/t14-,15-,19?/m1/s1. The minimum absolute atomic E-state index is 0.105. The molecule has 3 atom stereocenters. The lowest BCUT2D eigenvalue weighted by atomic mass is 9.73. The summed E-state index contributed by atoms with van der Waals surface area (Å²) in [5.74, 6) is 0.849. The van der Waals surface area contributed by atoms with Gasteiger partial charge in [-0.05, 0) is 41.7 Å². The highest BCUT2D eigenvalue weighted by Gasteiger charge is 2.41. The van der Waals surface area contributed by atoms with Crippen molar-refractivity contribution < 1.29 is 13.2 Å². The number of rotatable bonds is 1. The van der Waals surface area contributed by atoms with Crippen LogP contribution in [0.2, 0.25) is 0 Å². The molecule has 1 heterocycles. The summed E-state index contributed by atoms with van der Waals surface area (Å²) in [5, 5.41) is 1.22. The van der Waals surface area contributed by atoms with Crippen LogP contribution < -0.4 is 0 Å². The highest BCUT2D eigenvalue weighted by molar-refractivity contribution is 5.87. The fourth-order valence-corrected chi connectivity index (χ4v) is 4.90. The van der Waals surface area contributed by atoms with Crippen LogP contribution in [0, 0.1) is 5.92 Å². The fraction of sp³-hybridized carbons (Fsp3) is 0.273. The van der Waals surface area contributed by atoms with E-state index in [1.54, 1.807) is 12.1 Å². The molecule has 2 aliphatic rings. The smallest absolute Gasteiger partial charge is 0.347 e. The Labute approximate surface area is 149 Å². The molecule has 3 aromatic rings. The highest BCUT2D eigenvalue weighted by Crippen LogP contribution is 2.53. The second-order valence-electron chi connectivity index (χ2n) is 7.36. The van der Waals surface area contributed by atoms with Crippen molar-refractivity contribution >= 4 is 10.9 Å². The Morgan fingerprint density at radius 2 is 1.69 bits per heavy atom. The predicted molar refractivity (Wildman–Crippen MR) is 96.2 cm³/mol. The van der Waals surface area contributed by atoms with Crippen molar-refractivity contribution in [2.75, 3.05) is 0 Å². The molecule has 2 bridgehead atoms. The third-order valence-corrected chi connectivity index (χ3v) is 6.00. The Hall–Kier alpha value is -2.49. The van der Waals surface area contributed by atoms with Crippen LogP contribution in [-0.4, -0.2) is 4.57 Å². The summed E-state index contributed by atoms with van der Waals surface area (Å²) in [6.45, 7) is 0. The molecule has 4 heteroatoms. The van der Waals surface area contributed by atoms with Crippen LogP contribution in [-0.2, 0) is 13.2 Å². The molecule has 1 aromatic heterocycles. The number of aromatic nitrogens is 1. The Bertz CT molecular complexity index is 1020. The van der Waals surface area contributed by atoms with Gasteiger partial charge < -0.3 is 4.57 Å². The van der Waals surface area contributed by atoms with E-state index in [-0.39, 0.29) is 5.92 Å². The summed E-state index contributed by atoms with van der Waals surface area (Å²) >= 11 is 0. The first-order chi connectivity index (χ1) is 12.4. The summed E-state index contributed by atoms with van der Waals surface area (Å²) in [6, 6.07) is 14.1. The van der Waals surface area contributed by atoms with Gasteiger partial charge in [0.15, 0.2) is 0 Å². The lowest BCUT2D eigenvalue weighted by molar-refractivity contribution is -0.137. The van der Waals surface area contributed by atoms with E-state index in [1.807, 2.05) is 12.1 Å². The lowest BCUT2D eigenvalue weighted by Gasteiger charge is -2.31. The summed E-state index contributed by atoms with van der Waals surface area (Å²) in [7, 11) is 2.09. The second-order valence-corrected chi connectivity index (χ2v) is 7.36. The van der Waals surface area contributed by atoms with Crippen LogP contribution in [0.3, 0.4) is 0 Å². The molecule has 1 nitrogen and oxygen atoms in total. The molecule has 5 rings (SSSR count). The molecule has 2 aliphatic carbocycles. The zero-order chi connectivity index (χ0) is 18.1. The van der Waals surface area contributed by atoms with Crippen LogP contribution in [0.1, 0.15) is 40.6 Å². The minimum atomic E-state index is -4.30. The number of para-hydroxylation sites is 1. The van der Waals surface area contributed by atoms with Crippen molar-refractivity contribution in [2.45, 2.75) is 24.4 Å². The number of fused-ring (bicyclic) bond motifs is 6. The van der Waals surface area contributed by atoms with E-state index >= 15 is 0 Å². The topological polar surface area (TPSA) is 4.93 Å². The molecule has 0 N–H and O–H groups in total. The van der Waals surface area contributed by atoms with E-state index in [4.69, 9.17) is 0 Å². The van der Waals surface area contributed by atoms with E-state index in [0.29, 0.717) is 11.8 Å². The lowest BCUT2D eigenvalue weighted by Crippen LogP contribution is -2.20. The third-order valence-electron chi connectivity index (χ3n) is 6.00. The molecular formula is C22H18F3N. The summed E-state index contributed by atoms with van der Waals surface area (Å²) in [6.07, 6.45) is 1.26. The number of benzene rings is 2. The number of allylic oxidation sites excluding steroid dienone is 2. The van der Waals surface area contributed by atoms with Crippen LogP contribution in [0.25, 0.3) is 10.9 Å². The van der Waals surface area contributed by atoms with Crippen LogP contribution >= 0.6 is 0 Å². The van der Waals surface area contributed by atoms with Crippen molar-refractivity contribution in [3.05, 3.63) is 83.1 Å². The molecule has 0 radical (unpaired) electrons. The summed E-state index contributed by atoms with van der Waals surface area (Å²) < 4.78 is 41.1. The van der Waals surface area contributed by atoms with Gasteiger partial charge in [0.05, 0.1) is 5.56 Å². The molecule has 0 saturated heterocycles. The van der Waals surface area contributed by atoms with Gasteiger partial charge in [-0.1, -0.05) is 42.5 Å². The van der Waals surface area contributed by atoms with Gasteiger partial charge >= 0.3 is 6.18 Å². The molecule has 0 saturated carbocycles. The molecule has 0 fully saturated rings. The number of hydrogen-bond donors (Lipinski definition) is 0. The zero-order valence-electron chi connectivity index (χ0n) is 14.3. The third kappa shape index (κ3) is 2.11. The van der Waals surface area contributed by atoms with Gasteiger partial charge in [-0.3, -0.25) is 0 Å². The SMILES string of the molecule is Cn1c2c(c3ccccc31)C(c1ccc(C(F)(F)F)cc1)[C@@H]1C=C[C@@H]2C1. The highest BCUT2D eigenvalue weighted by atomic mass is 19.4. The molecule has 1 unspecified atom stereocenters. The van der Waals surface area contributed by atoms with E-state index in [0.717, 1.165) is 12.0 Å². The minimum Gasteiger partial charge on any atom is -0.347 e. The average Bonchev–Trinajstić information content (AvgIpc) is 3.16. The molecular weight excluding hydrogens is 335 g/mol. The number of halogens is 3. The number of alkyl halides is 3. The average molecular weight is 353 g/mol. The van der Waals surface area contributed by atoms with Gasteiger partial charge in [0, 0.05) is 35.5 Å². The number of aryl methyl sites for hydroxylation is 1. The maximum Gasteiger partial charge on any atom is 0.416 e. The van der Waals surface area contributed by atoms with Crippen molar-refractivity contribution in [2.24, 2.45) is 13.0 Å². The van der Waals surface area contributed by atoms with E-state index in [9.17, 15) is 13.2 Å². The predicted octanol–water partition coefficient (Wildman–Crippen LogP) is 6.00. The van der Waals surface area contributed by atoms with E-state index in [2.05, 4.69) is 35.9 Å². The molecule has 0 aliphatic heterocycles. The van der Waals surface area contributed by atoms with Gasteiger partial charge in [0.1, 0.15) is 0 Å². The van der Waals surface area contributed by atoms with Gasteiger partial charge in [0.25, 0.3) is 0 Å². The van der Waals surface area contributed by atoms with Crippen molar-refractivity contribution in [1.29, 1.82) is 0 Å². The zero-order valence-corrected chi connectivity index (χ0v) is 14.3. The molecule has 2 aromatic carbocycles. The van der Waals surface area contributed by atoms with Gasteiger partial charge in [-0.25, -0.2) is 0 Å². The quantitative estimate of drug-likeness (QED) is 0.473.